The highest BCUT2D eigenvalue weighted by Crippen LogP contribution is 2.04. The van der Waals surface area contributed by atoms with E-state index in [1.807, 2.05) is 0 Å². The molecule has 0 heterocycles. The summed E-state index contributed by atoms with van der Waals surface area (Å²) in [5, 5.41) is 11.5. The molecule has 4 N–H and O–H groups in total. The maximum absolute atomic E-state index is 10.3. The van der Waals surface area contributed by atoms with Crippen LogP contribution in [0, 0.1) is 5.92 Å². The van der Waals surface area contributed by atoms with Gasteiger partial charge in [-0.1, -0.05) is 26.7 Å². The first-order chi connectivity index (χ1) is 6.54. The number of rotatable bonds is 8. The van der Waals surface area contributed by atoms with Gasteiger partial charge in [0.1, 0.15) is 6.04 Å². The number of hydrogen-bond acceptors (Lipinski definition) is 3. The molecule has 0 rings (SSSR count). The van der Waals surface area contributed by atoms with E-state index in [-0.39, 0.29) is 0 Å². The van der Waals surface area contributed by atoms with Gasteiger partial charge in [-0.3, -0.25) is 4.79 Å². The summed E-state index contributed by atoms with van der Waals surface area (Å²) in [6, 6.07) is -0.778. The molecule has 0 aromatic carbocycles. The lowest BCUT2D eigenvalue weighted by Gasteiger charge is -2.08. The summed E-state index contributed by atoms with van der Waals surface area (Å²) in [7, 11) is 0. The van der Waals surface area contributed by atoms with Gasteiger partial charge in [0.25, 0.3) is 0 Å². The van der Waals surface area contributed by atoms with Crippen LogP contribution in [-0.4, -0.2) is 30.2 Å². The molecule has 1 unspecified atom stereocenters. The van der Waals surface area contributed by atoms with E-state index in [1.165, 1.54) is 12.8 Å². The summed E-state index contributed by atoms with van der Waals surface area (Å²) in [5.74, 6) is -0.198. The average Bonchev–Trinajstić information content (AvgIpc) is 2.09. The van der Waals surface area contributed by atoms with Gasteiger partial charge in [-0.25, -0.2) is 0 Å². The molecule has 1 atom stereocenters. The molecule has 0 aromatic heterocycles. The fourth-order valence-corrected chi connectivity index (χ4v) is 1.15. The van der Waals surface area contributed by atoms with Crippen molar-refractivity contribution < 1.29 is 9.90 Å². The Kier molecular flexibility index (Phi) is 7.42. The van der Waals surface area contributed by atoms with Crippen molar-refractivity contribution in [3.63, 3.8) is 0 Å². The third-order valence-corrected chi connectivity index (χ3v) is 2.07. The Morgan fingerprint density at radius 2 is 2.07 bits per heavy atom. The predicted molar refractivity (Wildman–Crippen MR) is 57.2 cm³/mol. The standard InChI is InChI=1S/C10H22N2O2/c1-8(2)5-3-4-6-12-7-9(11)10(13)14/h8-9,12H,3-7,11H2,1-2H3,(H,13,14). The van der Waals surface area contributed by atoms with E-state index >= 15 is 0 Å². The van der Waals surface area contributed by atoms with E-state index in [9.17, 15) is 4.79 Å². The van der Waals surface area contributed by atoms with Gasteiger partial charge in [-0.05, 0) is 18.9 Å². The van der Waals surface area contributed by atoms with E-state index in [0.717, 1.165) is 18.9 Å². The zero-order valence-electron chi connectivity index (χ0n) is 9.12. The van der Waals surface area contributed by atoms with Crippen LogP contribution in [0.15, 0.2) is 0 Å². The van der Waals surface area contributed by atoms with Gasteiger partial charge in [-0.15, -0.1) is 0 Å². The topological polar surface area (TPSA) is 75.3 Å². The van der Waals surface area contributed by atoms with E-state index in [4.69, 9.17) is 10.8 Å². The Morgan fingerprint density at radius 3 is 2.57 bits per heavy atom. The first-order valence-electron chi connectivity index (χ1n) is 5.23. The molecule has 84 valence electrons. The first-order valence-corrected chi connectivity index (χ1v) is 5.23. The number of nitrogens with two attached hydrogens (primary N) is 1. The van der Waals surface area contributed by atoms with Crippen molar-refractivity contribution in [1.29, 1.82) is 0 Å². The SMILES string of the molecule is CC(C)CCCCNCC(N)C(=O)O. The summed E-state index contributed by atoms with van der Waals surface area (Å²) in [4.78, 5) is 10.3. The molecular weight excluding hydrogens is 180 g/mol. The Hall–Kier alpha value is -0.610. The lowest BCUT2D eigenvalue weighted by molar-refractivity contribution is -0.138. The molecule has 0 aliphatic heterocycles. The van der Waals surface area contributed by atoms with Crippen LogP contribution in [0.2, 0.25) is 0 Å². The van der Waals surface area contributed by atoms with Crippen LogP contribution >= 0.6 is 0 Å². The molecule has 0 aliphatic carbocycles. The number of carbonyl (C=O) groups is 1. The fraction of sp³-hybridized carbons (Fsp3) is 0.900. The van der Waals surface area contributed by atoms with Crippen LogP contribution < -0.4 is 11.1 Å². The number of unbranched alkanes of at least 4 members (excludes halogenated alkanes) is 1. The van der Waals surface area contributed by atoms with Crippen LogP contribution in [0.1, 0.15) is 33.1 Å². The molecule has 0 aliphatic rings. The Labute approximate surface area is 85.9 Å². The van der Waals surface area contributed by atoms with Crippen molar-refractivity contribution in [3.05, 3.63) is 0 Å². The molecular formula is C10H22N2O2. The predicted octanol–water partition coefficient (Wildman–Crippen LogP) is 0.814. The third-order valence-electron chi connectivity index (χ3n) is 2.07. The van der Waals surface area contributed by atoms with Gasteiger partial charge in [0.2, 0.25) is 0 Å². The minimum absolute atomic E-state index is 0.358. The monoisotopic (exact) mass is 202 g/mol. The van der Waals surface area contributed by atoms with Crippen LogP contribution in [0.5, 0.6) is 0 Å². The van der Waals surface area contributed by atoms with Crippen molar-refractivity contribution >= 4 is 5.97 Å². The normalized spacial score (nSPS) is 13.1. The summed E-state index contributed by atoms with van der Waals surface area (Å²) in [6.07, 6.45) is 3.50. The molecule has 0 amide bonds. The zero-order valence-corrected chi connectivity index (χ0v) is 9.12. The van der Waals surface area contributed by atoms with E-state index < -0.39 is 12.0 Å². The van der Waals surface area contributed by atoms with Crippen molar-refractivity contribution in [2.45, 2.75) is 39.2 Å². The number of carboxylic acid groups (broad SMARTS) is 1. The summed E-state index contributed by atoms with van der Waals surface area (Å²) in [6.45, 7) is 5.62. The second-order valence-corrected chi connectivity index (χ2v) is 4.04. The van der Waals surface area contributed by atoms with Gasteiger partial charge in [0.15, 0.2) is 0 Å². The third kappa shape index (κ3) is 8.01. The van der Waals surface area contributed by atoms with Crippen molar-refractivity contribution in [3.8, 4) is 0 Å². The highest BCUT2D eigenvalue weighted by Gasteiger charge is 2.09. The maximum atomic E-state index is 10.3. The molecule has 14 heavy (non-hydrogen) atoms. The second kappa shape index (κ2) is 7.76. The number of nitrogens with one attached hydrogen (secondary N) is 1. The number of carboxylic acids is 1. The first kappa shape index (κ1) is 13.4. The quantitative estimate of drug-likeness (QED) is 0.509. The lowest BCUT2D eigenvalue weighted by Crippen LogP contribution is -2.40. The fourth-order valence-electron chi connectivity index (χ4n) is 1.15. The second-order valence-electron chi connectivity index (χ2n) is 4.04. The Morgan fingerprint density at radius 1 is 1.43 bits per heavy atom. The molecule has 4 nitrogen and oxygen atoms in total. The van der Waals surface area contributed by atoms with Crippen LogP contribution in [-0.2, 0) is 4.79 Å². The van der Waals surface area contributed by atoms with Crippen molar-refractivity contribution in [1.82, 2.24) is 5.32 Å². The molecule has 0 bridgehead atoms. The van der Waals surface area contributed by atoms with Crippen molar-refractivity contribution in [2.75, 3.05) is 13.1 Å². The Balaban J connectivity index is 3.17. The highest BCUT2D eigenvalue weighted by molar-refractivity contribution is 5.73. The molecule has 0 aromatic rings. The van der Waals surface area contributed by atoms with Gasteiger partial charge in [0, 0.05) is 6.54 Å². The van der Waals surface area contributed by atoms with E-state index in [2.05, 4.69) is 19.2 Å². The van der Waals surface area contributed by atoms with Gasteiger partial charge in [-0.2, -0.15) is 0 Å². The molecule has 0 fully saturated rings. The van der Waals surface area contributed by atoms with Gasteiger partial charge in [0.05, 0.1) is 0 Å². The lowest BCUT2D eigenvalue weighted by atomic mass is 10.1. The van der Waals surface area contributed by atoms with Crippen LogP contribution in [0.3, 0.4) is 0 Å². The average molecular weight is 202 g/mol. The molecule has 0 saturated carbocycles. The van der Waals surface area contributed by atoms with Gasteiger partial charge >= 0.3 is 5.97 Å². The van der Waals surface area contributed by atoms with Crippen molar-refractivity contribution in [2.24, 2.45) is 11.7 Å². The number of aliphatic carboxylic acids is 1. The summed E-state index contributed by atoms with van der Waals surface area (Å²) >= 11 is 0. The molecule has 0 spiro atoms. The molecule has 4 heteroatoms. The number of hydrogen-bond donors (Lipinski definition) is 3. The van der Waals surface area contributed by atoms with E-state index in [0.29, 0.717) is 6.54 Å². The summed E-state index contributed by atoms with van der Waals surface area (Å²) in [5.41, 5.74) is 5.32. The molecule has 0 saturated heterocycles. The largest absolute Gasteiger partial charge is 0.480 e. The van der Waals surface area contributed by atoms with Crippen LogP contribution in [0.4, 0.5) is 0 Å². The minimum Gasteiger partial charge on any atom is -0.480 e. The maximum Gasteiger partial charge on any atom is 0.321 e. The van der Waals surface area contributed by atoms with E-state index in [1.54, 1.807) is 0 Å². The summed E-state index contributed by atoms with van der Waals surface area (Å²) < 4.78 is 0. The minimum atomic E-state index is -0.945. The Bertz CT molecular complexity index is 160. The smallest absolute Gasteiger partial charge is 0.321 e. The van der Waals surface area contributed by atoms with Crippen LogP contribution in [0.25, 0.3) is 0 Å². The van der Waals surface area contributed by atoms with Gasteiger partial charge < -0.3 is 16.2 Å². The zero-order chi connectivity index (χ0) is 11.0. The molecule has 0 radical (unpaired) electrons. The highest BCUT2D eigenvalue weighted by atomic mass is 16.4.